The molecular formula is C70H136O17P2. The smallest absolute Gasteiger partial charge is 0.462 e. The van der Waals surface area contributed by atoms with Gasteiger partial charge in [-0.3, -0.25) is 37.3 Å². The third-order valence-electron chi connectivity index (χ3n) is 16.4. The van der Waals surface area contributed by atoms with E-state index in [9.17, 15) is 43.2 Å². The fraction of sp³-hybridized carbons (Fsp3) is 0.943. The van der Waals surface area contributed by atoms with Gasteiger partial charge in [0.25, 0.3) is 0 Å². The number of carbonyl (C=O) groups excluding carboxylic acids is 4. The normalized spacial score (nSPS) is 14.0. The second-order valence-corrected chi connectivity index (χ2v) is 28.2. The maximum absolute atomic E-state index is 13.0. The van der Waals surface area contributed by atoms with Crippen molar-refractivity contribution in [3.8, 4) is 0 Å². The molecule has 0 aromatic carbocycles. The van der Waals surface area contributed by atoms with Crippen LogP contribution in [0, 0.1) is 0 Å². The van der Waals surface area contributed by atoms with E-state index in [0.717, 1.165) is 89.9 Å². The van der Waals surface area contributed by atoms with Crippen LogP contribution in [0.2, 0.25) is 0 Å². The van der Waals surface area contributed by atoms with Gasteiger partial charge in [0, 0.05) is 25.7 Å². The minimum absolute atomic E-state index is 0.108. The first-order valence-corrected chi connectivity index (χ1v) is 39.8. The molecule has 0 heterocycles. The van der Waals surface area contributed by atoms with Gasteiger partial charge in [0.15, 0.2) is 12.2 Å². The first kappa shape index (κ1) is 87.1. The molecule has 0 spiro atoms. The van der Waals surface area contributed by atoms with Gasteiger partial charge in [0.1, 0.15) is 19.3 Å². The number of aliphatic hydroxyl groups excluding tert-OH is 1. The quantitative estimate of drug-likeness (QED) is 0.0222. The van der Waals surface area contributed by atoms with Crippen LogP contribution in [0.15, 0.2) is 0 Å². The molecule has 17 nitrogen and oxygen atoms in total. The summed E-state index contributed by atoms with van der Waals surface area (Å²) >= 11 is 0. The zero-order valence-electron chi connectivity index (χ0n) is 57.4. The Balaban J connectivity index is 5.25. The largest absolute Gasteiger partial charge is 0.472 e. The van der Waals surface area contributed by atoms with E-state index in [0.29, 0.717) is 25.7 Å². The van der Waals surface area contributed by atoms with Gasteiger partial charge in [-0.2, -0.15) is 0 Å². The molecule has 0 radical (unpaired) electrons. The Hall–Kier alpha value is -1.94. The fourth-order valence-electron chi connectivity index (χ4n) is 10.7. The molecule has 89 heavy (non-hydrogen) atoms. The maximum atomic E-state index is 13.0. The molecule has 0 bridgehead atoms. The van der Waals surface area contributed by atoms with E-state index in [2.05, 4.69) is 27.7 Å². The third kappa shape index (κ3) is 64.6. The minimum atomic E-state index is -4.95. The Morgan fingerprint density at radius 2 is 0.449 bits per heavy atom. The van der Waals surface area contributed by atoms with Gasteiger partial charge in [0.2, 0.25) is 0 Å². The molecule has 0 aromatic heterocycles. The summed E-state index contributed by atoms with van der Waals surface area (Å²) in [4.78, 5) is 72.5. The molecule has 0 aliphatic rings. The van der Waals surface area contributed by atoms with Crippen LogP contribution < -0.4 is 0 Å². The number of phosphoric ester groups is 2. The minimum Gasteiger partial charge on any atom is -0.462 e. The van der Waals surface area contributed by atoms with E-state index in [-0.39, 0.29) is 25.7 Å². The van der Waals surface area contributed by atoms with Crippen LogP contribution in [0.25, 0.3) is 0 Å². The van der Waals surface area contributed by atoms with Crippen LogP contribution in [-0.2, 0) is 65.4 Å². The van der Waals surface area contributed by atoms with Gasteiger partial charge in [-0.25, -0.2) is 9.13 Å². The summed E-state index contributed by atoms with van der Waals surface area (Å²) in [7, 11) is -9.90. The maximum Gasteiger partial charge on any atom is 0.472 e. The summed E-state index contributed by atoms with van der Waals surface area (Å²) in [6.45, 7) is 4.95. The van der Waals surface area contributed by atoms with Crippen LogP contribution in [0.5, 0.6) is 0 Å². The van der Waals surface area contributed by atoms with Gasteiger partial charge in [-0.15, -0.1) is 0 Å². The number of unbranched alkanes of at least 4 members (excludes halogenated alkanes) is 45. The van der Waals surface area contributed by atoms with Gasteiger partial charge >= 0.3 is 39.5 Å². The van der Waals surface area contributed by atoms with E-state index in [1.54, 1.807) is 0 Å². The second kappa shape index (κ2) is 64.8. The van der Waals surface area contributed by atoms with E-state index in [4.69, 9.17) is 37.0 Å². The lowest BCUT2D eigenvalue weighted by Gasteiger charge is -2.21. The Morgan fingerprint density at radius 3 is 0.663 bits per heavy atom. The molecule has 0 saturated heterocycles. The van der Waals surface area contributed by atoms with Crippen molar-refractivity contribution in [3.05, 3.63) is 0 Å². The number of ether oxygens (including phenoxy) is 4. The molecule has 0 aliphatic carbocycles. The fourth-order valence-corrected chi connectivity index (χ4v) is 12.3. The summed E-state index contributed by atoms with van der Waals surface area (Å²) in [5.74, 6) is -2.12. The van der Waals surface area contributed by atoms with Crippen molar-refractivity contribution in [2.24, 2.45) is 0 Å². The standard InChI is InChI=1S/C70H136O17P2/c1-5-9-13-17-21-25-29-32-33-37-41-45-49-53-57-70(75)87-66(61-81-68(73)55-51-47-43-39-35-30-26-22-18-14-10-6-2)63-85-89(78,79)83-59-64(71)58-82-88(76,77)84-62-65(60-80-67(72)54-50-46-42-38-34-28-24-20-16-12-8-4)86-69(74)56-52-48-44-40-36-31-27-23-19-15-11-7-3/h64-66,71H,5-63H2,1-4H3,(H,76,77)(H,78,79)/t64-,65+,66+/m0/s1. The van der Waals surface area contributed by atoms with E-state index >= 15 is 0 Å². The number of rotatable bonds is 71. The lowest BCUT2D eigenvalue weighted by Crippen LogP contribution is -2.30. The molecule has 0 aromatic rings. The molecule has 0 saturated carbocycles. The second-order valence-electron chi connectivity index (χ2n) is 25.3. The first-order chi connectivity index (χ1) is 43.2. The summed E-state index contributed by atoms with van der Waals surface area (Å²) in [5.41, 5.74) is 0. The zero-order chi connectivity index (χ0) is 65.4. The molecule has 2 unspecified atom stereocenters. The number of hydrogen-bond donors (Lipinski definition) is 3. The molecule has 5 atom stereocenters. The Bertz CT molecular complexity index is 1710. The predicted octanol–water partition coefficient (Wildman–Crippen LogP) is 20.3. The molecule has 3 N–H and O–H groups in total. The van der Waals surface area contributed by atoms with E-state index in [1.165, 1.54) is 199 Å². The van der Waals surface area contributed by atoms with Gasteiger partial charge < -0.3 is 33.8 Å². The predicted molar refractivity (Wildman–Crippen MR) is 359 cm³/mol. The molecule has 0 amide bonds. The Morgan fingerprint density at radius 1 is 0.270 bits per heavy atom. The average molecular weight is 1310 g/mol. The number of carbonyl (C=O) groups is 4. The third-order valence-corrected chi connectivity index (χ3v) is 18.3. The van der Waals surface area contributed by atoms with Crippen LogP contribution in [0.1, 0.15) is 368 Å². The zero-order valence-corrected chi connectivity index (χ0v) is 59.2. The van der Waals surface area contributed by atoms with Crippen molar-refractivity contribution < 1.29 is 80.2 Å². The summed E-state index contributed by atoms with van der Waals surface area (Å²) in [6, 6.07) is 0. The SMILES string of the molecule is CCCCCCCCCCCCCCCCC(=O)O[C@H](COC(=O)CCCCCCCCCCCCCC)COP(=O)(O)OC[C@@H](O)COP(=O)(O)OC[C@@H](COC(=O)CCCCCCCCCCCCC)OC(=O)CCCCCCCCCCCCCC. The van der Waals surface area contributed by atoms with Crippen LogP contribution in [0.3, 0.4) is 0 Å². The number of aliphatic hydroxyl groups is 1. The molecular weight excluding hydrogens is 1170 g/mol. The topological polar surface area (TPSA) is 237 Å². The molecule has 19 heteroatoms. The van der Waals surface area contributed by atoms with Gasteiger partial charge in [-0.05, 0) is 25.7 Å². The van der Waals surface area contributed by atoms with Crippen molar-refractivity contribution >= 4 is 39.5 Å². The summed E-state index contributed by atoms with van der Waals surface area (Å²) in [5, 5.41) is 10.6. The Kier molecular flexibility index (Phi) is 63.3. The summed E-state index contributed by atoms with van der Waals surface area (Å²) < 4.78 is 68.3. The van der Waals surface area contributed by atoms with Crippen LogP contribution >= 0.6 is 15.6 Å². The molecule has 0 fully saturated rings. The van der Waals surface area contributed by atoms with Crippen molar-refractivity contribution in [3.63, 3.8) is 0 Å². The highest BCUT2D eigenvalue weighted by molar-refractivity contribution is 7.47. The van der Waals surface area contributed by atoms with Gasteiger partial charge in [-0.1, -0.05) is 317 Å². The van der Waals surface area contributed by atoms with E-state index < -0.39 is 97.5 Å². The summed E-state index contributed by atoms with van der Waals surface area (Å²) in [6.07, 6.45) is 52.4. The monoisotopic (exact) mass is 1310 g/mol. The number of hydrogen-bond acceptors (Lipinski definition) is 15. The Labute approximate surface area is 543 Å². The van der Waals surface area contributed by atoms with Crippen molar-refractivity contribution in [1.29, 1.82) is 0 Å². The van der Waals surface area contributed by atoms with Gasteiger partial charge in [0.05, 0.1) is 26.4 Å². The highest BCUT2D eigenvalue weighted by Gasteiger charge is 2.30. The molecule has 528 valence electrons. The number of phosphoric acid groups is 2. The van der Waals surface area contributed by atoms with Crippen molar-refractivity contribution in [2.75, 3.05) is 39.6 Å². The highest BCUT2D eigenvalue weighted by Crippen LogP contribution is 2.45. The molecule has 0 rings (SSSR count). The highest BCUT2D eigenvalue weighted by atomic mass is 31.2. The lowest BCUT2D eigenvalue weighted by molar-refractivity contribution is -0.161. The average Bonchev–Trinajstić information content (AvgIpc) is 3.72. The molecule has 0 aliphatic heterocycles. The van der Waals surface area contributed by atoms with Crippen molar-refractivity contribution in [2.45, 2.75) is 386 Å². The lowest BCUT2D eigenvalue weighted by atomic mass is 10.0. The number of esters is 4. The first-order valence-electron chi connectivity index (χ1n) is 36.8. The van der Waals surface area contributed by atoms with Crippen LogP contribution in [-0.4, -0.2) is 96.7 Å². The van der Waals surface area contributed by atoms with Crippen molar-refractivity contribution in [1.82, 2.24) is 0 Å². The van der Waals surface area contributed by atoms with E-state index in [1.807, 2.05) is 0 Å². The van der Waals surface area contributed by atoms with Crippen LogP contribution in [0.4, 0.5) is 0 Å².